The largest absolute Gasteiger partial charge is 0.448 e. The Bertz CT molecular complexity index is 1310. The molecule has 2 aromatic heterocycles. The predicted molar refractivity (Wildman–Crippen MR) is 131 cm³/mol. The van der Waals surface area contributed by atoms with Crippen LogP contribution in [0.25, 0.3) is 22.1 Å². The third kappa shape index (κ3) is 4.58. The lowest BCUT2D eigenvalue weighted by molar-refractivity contribution is -0.113. The maximum atomic E-state index is 13.2. The van der Waals surface area contributed by atoms with Crippen molar-refractivity contribution >= 4 is 45.4 Å². The SMILES string of the molecule is CCCCn1c(SCC(=O)Nc2ccc(C(C)C)cc2)nc2c(oc3ccccc32)c1=O. The molecule has 6 nitrogen and oxygen atoms in total. The molecule has 0 bridgehead atoms. The Morgan fingerprint density at radius 1 is 1.16 bits per heavy atom. The highest BCUT2D eigenvalue weighted by Crippen LogP contribution is 2.27. The highest BCUT2D eigenvalue weighted by Gasteiger charge is 2.18. The van der Waals surface area contributed by atoms with Gasteiger partial charge in [0.2, 0.25) is 11.5 Å². The van der Waals surface area contributed by atoms with Crippen molar-refractivity contribution in [2.45, 2.75) is 51.2 Å². The number of benzene rings is 2. The number of nitrogens with one attached hydrogen (secondary N) is 1. The van der Waals surface area contributed by atoms with Crippen molar-refractivity contribution in [3.63, 3.8) is 0 Å². The summed E-state index contributed by atoms with van der Waals surface area (Å²) in [5.74, 6) is 0.460. The molecule has 1 amide bonds. The van der Waals surface area contributed by atoms with Crippen molar-refractivity contribution in [1.29, 1.82) is 0 Å². The summed E-state index contributed by atoms with van der Waals surface area (Å²) in [5.41, 5.74) is 3.23. The second-order valence-electron chi connectivity index (χ2n) is 8.09. The summed E-state index contributed by atoms with van der Waals surface area (Å²) < 4.78 is 7.43. The molecule has 0 aliphatic rings. The first-order valence-electron chi connectivity index (χ1n) is 10.9. The third-order valence-electron chi connectivity index (χ3n) is 5.38. The van der Waals surface area contributed by atoms with Crippen molar-refractivity contribution < 1.29 is 9.21 Å². The Kier molecular flexibility index (Phi) is 6.65. The number of hydrogen-bond donors (Lipinski definition) is 1. The van der Waals surface area contributed by atoms with Gasteiger partial charge in [0.05, 0.1) is 5.75 Å². The maximum absolute atomic E-state index is 13.2. The summed E-state index contributed by atoms with van der Waals surface area (Å²) in [6.45, 7) is 6.88. The number of thioether (sulfide) groups is 1. The Balaban J connectivity index is 1.58. The number of nitrogens with zero attached hydrogens (tertiary/aromatic N) is 2. The minimum Gasteiger partial charge on any atom is -0.448 e. The van der Waals surface area contributed by atoms with Crippen molar-refractivity contribution in [2.24, 2.45) is 0 Å². The molecule has 0 saturated heterocycles. The van der Waals surface area contributed by atoms with Crippen molar-refractivity contribution in [2.75, 3.05) is 11.1 Å². The van der Waals surface area contributed by atoms with Gasteiger partial charge in [0.25, 0.3) is 5.56 Å². The average molecular weight is 450 g/mol. The van der Waals surface area contributed by atoms with E-state index < -0.39 is 0 Å². The van der Waals surface area contributed by atoms with Crippen molar-refractivity contribution in [1.82, 2.24) is 9.55 Å². The van der Waals surface area contributed by atoms with Crippen LogP contribution in [0.5, 0.6) is 0 Å². The zero-order valence-corrected chi connectivity index (χ0v) is 19.4. The monoisotopic (exact) mass is 449 g/mol. The molecule has 166 valence electrons. The number of furan rings is 1. The second kappa shape index (κ2) is 9.61. The number of amides is 1. The highest BCUT2D eigenvalue weighted by atomic mass is 32.2. The molecule has 0 fully saturated rings. The summed E-state index contributed by atoms with van der Waals surface area (Å²) >= 11 is 1.27. The standard InChI is InChI=1S/C25H27N3O3S/c1-4-5-14-28-24(30)23-22(19-8-6-7-9-20(19)31-23)27-25(28)32-15-21(29)26-18-12-10-17(11-13-18)16(2)3/h6-13,16H,4-5,14-15H2,1-3H3,(H,26,29). The quantitative estimate of drug-likeness (QED) is 0.272. The molecule has 0 unspecified atom stereocenters. The maximum Gasteiger partial charge on any atom is 0.297 e. The van der Waals surface area contributed by atoms with Crippen LogP contribution in [-0.4, -0.2) is 21.2 Å². The van der Waals surface area contributed by atoms with Gasteiger partial charge in [-0.1, -0.05) is 63.2 Å². The fraction of sp³-hybridized carbons (Fsp3) is 0.320. The van der Waals surface area contributed by atoms with E-state index in [1.54, 1.807) is 4.57 Å². The number of fused-ring (bicyclic) bond motifs is 3. The average Bonchev–Trinajstić information content (AvgIpc) is 3.16. The summed E-state index contributed by atoms with van der Waals surface area (Å²) in [6, 6.07) is 15.4. The van der Waals surface area contributed by atoms with E-state index in [1.165, 1.54) is 17.3 Å². The van der Waals surface area contributed by atoms with Gasteiger partial charge in [0.15, 0.2) is 5.16 Å². The van der Waals surface area contributed by atoms with Crippen LogP contribution in [0.3, 0.4) is 0 Å². The Hall–Kier alpha value is -3.06. The number of carbonyl (C=O) groups is 1. The molecule has 4 aromatic rings. The molecule has 4 rings (SSSR count). The van der Waals surface area contributed by atoms with Crippen LogP contribution in [0, 0.1) is 0 Å². The zero-order valence-electron chi connectivity index (χ0n) is 18.6. The van der Waals surface area contributed by atoms with E-state index in [-0.39, 0.29) is 22.8 Å². The summed E-state index contributed by atoms with van der Waals surface area (Å²) in [6.07, 6.45) is 1.79. The number of rotatable bonds is 8. The fourth-order valence-corrected chi connectivity index (χ4v) is 4.37. The topological polar surface area (TPSA) is 77.1 Å². The Morgan fingerprint density at radius 2 is 1.91 bits per heavy atom. The first-order valence-corrected chi connectivity index (χ1v) is 11.9. The molecular weight excluding hydrogens is 422 g/mol. The number of para-hydroxylation sites is 1. The van der Waals surface area contributed by atoms with Crippen LogP contribution in [0.2, 0.25) is 0 Å². The van der Waals surface area contributed by atoms with Gasteiger partial charge in [-0.2, -0.15) is 0 Å². The molecule has 2 heterocycles. The van der Waals surface area contributed by atoms with Crippen LogP contribution in [0.1, 0.15) is 45.1 Å². The van der Waals surface area contributed by atoms with E-state index in [9.17, 15) is 9.59 Å². The Morgan fingerprint density at radius 3 is 2.62 bits per heavy atom. The van der Waals surface area contributed by atoms with E-state index in [2.05, 4.69) is 26.1 Å². The van der Waals surface area contributed by atoms with Gasteiger partial charge in [0, 0.05) is 17.6 Å². The van der Waals surface area contributed by atoms with Crippen molar-refractivity contribution in [3.05, 3.63) is 64.4 Å². The fourth-order valence-electron chi connectivity index (χ4n) is 3.56. The lowest BCUT2D eigenvalue weighted by atomic mass is 10.0. The van der Waals surface area contributed by atoms with Crippen LogP contribution < -0.4 is 10.9 Å². The minimum atomic E-state index is -0.202. The molecule has 7 heteroatoms. The molecule has 32 heavy (non-hydrogen) atoms. The summed E-state index contributed by atoms with van der Waals surface area (Å²) in [4.78, 5) is 30.5. The number of unbranched alkanes of at least 4 members (excludes halogenated alkanes) is 1. The third-order valence-corrected chi connectivity index (χ3v) is 6.35. The molecule has 0 aliphatic carbocycles. The van der Waals surface area contributed by atoms with Gasteiger partial charge >= 0.3 is 0 Å². The first-order chi connectivity index (χ1) is 15.5. The molecule has 0 atom stereocenters. The van der Waals surface area contributed by atoms with Crippen LogP contribution >= 0.6 is 11.8 Å². The first kappa shape index (κ1) is 22.1. The molecule has 2 aromatic carbocycles. The van der Waals surface area contributed by atoms with Gasteiger partial charge in [-0.3, -0.25) is 14.2 Å². The summed E-state index contributed by atoms with van der Waals surface area (Å²) in [5, 5.41) is 4.26. The van der Waals surface area contributed by atoms with Crippen LogP contribution in [0.4, 0.5) is 5.69 Å². The Labute approximate surface area is 191 Å². The smallest absolute Gasteiger partial charge is 0.297 e. The van der Waals surface area contributed by atoms with Gasteiger partial charge in [-0.25, -0.2) is 4.98 Å². The molecule has 0 saturated carbocycles. The van der Waals surface area contributed by atoms with Crippen molar-refractivity contribution in [3.8, 4) is 0 Å². The number of hydrogen-bond acceptors (Lipinski definition) is 5. The predicted octanol–water partition coefficient (Wildman–Crippen LogP) is 5.80. The van der Waals surface area contributed by atoms with E-state index >= 15 is 0 Å². The van der Waals surface area contributed by atoms with E-state index in [4.69, 9.17) is 9.40 Å². The van der Waals surface area contributed by atoms with Gasteiger partial charge in [-0.15, -0.1) is 0 Å². The molecule has 0 aliphatic heterocycles. The normalized spacial score (nSPS) is 11.5. The minimum absolute atomic E-state index is 0.138. The van der Waals surface area contributed by atoms with Gasteiger partial charge in [0.1, 0.15) is 11.1 Å². The van der Waals surface area contributed by atoms with E-state index in [0.717, 1.165) is 23.9 Å². The number of aromatic nitrogens is 2. The van der Waals surface area contributed by atoms with Crippen LogP contribution in [-0.2, 0) is 11.3 Å². The summed E-state index contributed by atoms with van der Waals surface area (Å²) in [7, 11) is 0. The van der Waals surface area contributed by atoms with Gasteiger partial charge < -0.3 is 9.73 Å². The molecular formula is C25H27N3O3S. The van der Waals surface area contributed by atoms with E-state index in [1.807, 2.05) is 48.5 Å². The zero-order chi connectivity index (χ0) is 22.7. The number of carbonyl (C=O) groups excluding carboxylic acids is 1. The lowest BCUT2D eigenvalue weighted by Crippen LogP contribution is -2.24. The molecule has 1 N–H and O–H groups in total. The lowest BCUT2D eigenvalue weighted by Gasteiger charge is -2.11. The number of anilines is 1. The highest BCUT2D eigenvalue weighted by molar-refractivity contribution is 7.99. The van der Waals surface area contributed by atoms with E-state index in [0.29, 0.717) is 28.7 Å². The molecule has 0 radical (unpaired) electrons. The second-order valence-corrected chi connectivity index (χ2v) is 9.04. The van der Waals surface area contributed by atoms with Crippen LogP contribution in [0.15, 0.2) is 62.9 Å². The molecule has 0 spiro atoms. The van der Waals surface area contributed by atoms with Gasteiger partial charge in [-0.05, 0) is 42.2 Å².